The lowest BCUT2D eigenvalue weighted by molar-refractivity contribution is -0.148. The number of imide groups is 1. The van der Waals surface area contributed by atoms with Gasteiger partial charge in [0.15, 0.2) is 12.2 Å². The summed E-state index contributed by atoms with van der Waals surface area (Å²) < 4.78 is 5.01. The fraction of sp³-hybridized carbons (Fsp3) is 0.375. The number of likely N-dealkylation sites (tertiary alicyclic amines) is 1. The first-order valence-electron chi connectivity index (χ1n) is 7.56. The van der Waals surface area contributed by atoms with Crippen LogP contribution in [0.3, 0.4) is 0 Å². The van der Waals surface area contributed by atoms with Crippen molar-refractivity contribution in [1.29, 1.82) is 0 Å². The molecule has 1 heterocycles. The molecule has 0 radical (unpaired) electrons. The van der Waals surface area contributed by atoms with E-state index in [1.807, 2.05) is 0 Å². The highest BCUT2D eigenvalue weighted by atomic mass is 16.6. The normalized spacial score (nSPS) is 17.6. The predicted octanol–water partition coefficient (Wildman–Crippen LogP) is 0.371. The topological polar surface area (TPSA) is 128 Å². The summed E-state index contributed by atoms with van der Waals surface area (Å²) in [5.74, 6) is -1.25. The van der Waals surface area contributed by atoms with Crippen LogP contribution in [-0.4, -0.2) is 40.9 Å². The molecule has 2 amide bonds. The largest absolute Gasteiger partial charge is 0.440 e. The SMILES string of the molecule is CC(=O)OC(CCC1CC(=O)N1C(=O)c1ccccc1)N=C(N)N. The van der Waals surface area contributed by atoms with Crippen LogP contribution in [0.25, 0.3) is 0 Å². The summed E-state index contributed by atoms with van der Waals surface area (Å²) in [6.07, 6.45) is 0.206. The highest BCUT2D eigenvalue weighted by Crippen LogP contribution is 2.27. The summed E-state index contributed by atoms with van der Waals surface area (Å²) in [4.78, 5) is 40.4. The molecule has 4 N–H and O–H groups in total. The van der Waals surface area contributed by atoms with Crippen molar-refractivity contribution >= 4 is 23.7 Å². The Labute approximate surface area is 139 Å². The Morgan fingerprint density at radius 3 is 2.54 bits per heavy atom. The van der Waals surface area contributed by atoms with Gasteiger partial charge in [-0.25, -0.2) is 4.99 Å². The van der Waals surface area contributed by atoms with Gasteiger partial charge in [-0.2, -0.15) is 0 Å². The second kappa shape index (κ2) is 7.58. The minimum atomic E-state index is -0.822. The lowest BCUT2D eigenvalue weighted by Gasteiger charge is -2.39. The molecule has 24 heavy (non-hydrogen) atoms. The third kappa shape index (κ3) is 4.31. The Kier molecular flexibility index (Phi) is 5.51. The molecule has 1 aromatic rings. The molecule has 1 aliphatic rings. The number of nitrogens with two attached hydrogens (primary N) is 2. The molecular formula is C16H20N4O4. The van der Waals surface area contributed by atoms with Crippen molar-refractivity contribution in [3.05, 3.63) is 35.9 Å². The Balaban J connectivity index is 1.99. The monoisotopic (exact) mass is 332 g/mol. The Hall–Kier alpha value is -2.90. The zero-order valence-corrected chi connectivity index (χ0v) is 13.3. The van der Waals surface area contributed by atoms with Crippen molar-refractivity contribution in [3.63, 3.8) is 0 Å². The third-order valence-electron chi connectivity index (χ3n) is 3.63. The van der Waals surface area contributed by atoms with Crippen LogP contribution in [0.4, 0.5) is 0 Å². The van der Waals surface area contributed by atoms with Gasteiger partial charge >= 0.3 is 5.97 Å². The van der Waals surface area contributed by atoms with Crippen LogP contribution >= 0.6 is 0 Å². The van der Waals surface area contributed by atoms with Crippen LogP contribution in [0.15, 0.2) is 35.3 Å². The fourth-order valence-corrected chi connectivity index (χ4v) is 2.56. The van der Waals surface area contributed by atoms with Crippen molar-refractivity contribution in [1.82, 2.24) is 4.90 Å². The number of esters is 1. The molecule has 1 aromatic carbocycles. The number of guanidine groups is 1. The standard InChI is InChI=1S/C16H20N4O4/c1-10(21)24-13(19-16(17)18)8-7-12-9-14(22)20(12)15(23)11-5-3-2-4-6-11/h2-6,12-13H,7-9H2,1H3,(H4,17,18,19). The van der Waals surface area contributed by atoms with Crippen molar-refractivity contribution in [3.8, 4) is 0 Å². The number of carbonyl (C=O) groups excluding carboxylic acids is 3. The summed E-state index contributed by atoms with van der Waals surface area (Å²) in [6, 6.07) is 8.34. The molecule has 8 nitrogen and oxygen atoms in total. The molecule has 0 aliphatic carbocycles. The van der Waals surface area contributed by atoms with Crippen LogP contribution < -0.4 is 11.5 Å². The number of hydrogen-bond donors (Lipinski definition) is 2. The smallest absolute Gasteiger partial charge is 0.304 e. The third-order valence-corrected chi connectivity index (χ3v) is 3.63. The van der Waals surface area contributed by atoms with E-state index >= 15 is 0 Å². The van der Waals surface area contributed by atoms with Gasteiger partial charge in [-0.05, 0) is 18.6 Å². The number of benzene rings is 1. The Morgan fingerprint density at radius 2 is 2.00 bits per heavy atom. The van der Waals surface area contributed by atoms with Crippen LogP contribution in [-0.2, 0) is 14.3 Å². The molecule has 2 unspecified atom stereocenters. The number of β-lactam (4-membered cyclic amide) rings is 1. The average molecular weight is 332 g/mol. The molecule has 0 saturated carbocycles. The first kappa shape index (κ1) is 17.5. The lowest BCUT2D eigenvalue weighted by atomic mass is 9.95. The summed E-state index contributed by atoms with van der Waals surface area (Å²) in [7, 11) is 0. The van der Waals surface area contributed by atoms with Crippen LogP contribution in [0.1, 0.15) is 36.5 Å². The number of hydrogen-bond acceptors (Lipinski definition) is 5. The van der Waals surface area contributed by atoms with E-state index in [1.165, 1.54) is 11.8 Å². The van der Waals surface area contributed by atoms with E-state index in [1.54, 1.807) is 30.3 Å². The molecule has 8 heteroatoms. The molecule has 0 bridgehead atoms. The first-order chi connectivity index (χ1) is 11.4. The second-order valence-electron chi connectivity index (χ2n) is 5.49. The molecular weight excluding hydrogens is 312 g/mol. The van der Waals surface area contributed by atoms with E-state index in [0.717, 1.165) is 0 Å². The second-order valence-corrected chi connectivity index (χ2v) is 5.49. The average Bonchev–Trinajstić information content (AvgIpc) is 2.50. The number of amides is 2. The number of nitrogens with zero attached hydrogens (tertiary/aromatic N) is 2. The van der Waals surface area contributed by atoms with E-state index in [-0.39, 0.29) is 30.2 Å². The van der Waals surface area contributed by atoms with Gasteiger partial charge in [0.2, 0.25) is 5.91 Å². The number of ether oxygens (including phenoxy) is 1. The quantitative estimate of drug-likeness (QED) is 0.255. The van der Waals surface area contributed by atoms with Crippen molar-refractivity contribution in [2.45, 2.75) is 38.5 Å². The molecule has 2 rings (SSSR count). The maximum absolute atomic E-state index is 12.4. The van der Waals surface area contributed by atoms with E-state index in [0.29, 0.717) is 18.4 Å². The Bertz CT molecular complexity index is 655. The lowest BCUT2D eigenvalue weighted by Crippen LogP contribution is -2.55. The van der Waals surface area contributed by atoms with E-state index in [4.69, 9.17) is 16.2 Å². The van der Waals surface area contributed by atoms with Gasteiger partial charge < -0.3 is 16.2 Å². The van der Waals surface area contributed by atoms with E-state index < -0.39 is 12.2 Å². The summed E-state index contributed by atoms with van der Waals surface area (Å²) in [5, 5.41) is 0. The van der Waals surface area contributed by atoms with Crippen molar-refractivity contribution in [2.75, 3.05) is 0 Å². The minimum absolute atomic E-state index is 0.192. The molecule has 1 aliphatic heterocycles. The maximum atomic E-state index is 12.4. The molecule has 1 saturated heterocycles. The van der Waals surface area contributed by atoms with Gasteiger partial charge in [0.1, 0.15) is 0 Å². The van der Waals surface area contributed by atoms with Crippen LogP contribution in [0.5, 0.6) is 0 Å². The molecule has 128 valence electrons. The van der Waals surface area contributed by atoms with Crippen LogP contribution in [0, 0.1) is 0 Å². The summed E-state index contributed by atoms with van der Waals surface area (Å²) >= 11 is 0. The van der Waals surface area contributed by atoms with Crippen molar-refractivity contribution < 1.29 is 19.1 Å². The van der Waals surface area contributed by atoms with E-state index in [9.17, 15) is 14.4 Å². The Morgan fingerprint density at radius 1 is 1.33 bits per heavy atom. The van der Waals surface area contributed by atoms with Gasteiger partial charge in [-0.3, -0.25) is 19.3 Å². The molecule has 0 aromatic heterocycles. The van der Waals surface area contributed by atoms with Crippen molar-refractivity contribution in [2.24, 2.45) is 16.5 Å². The summed E-state index contributed by atoms with van der Waals surface area (Å²) in [6.45, 7) is 1.26. The van der Waals surface area contributed by atoms with Crippen LogP contribution in [0.2, 0.25) is 0 Å². The minimum Gasteiger partial charge on any atom is -0.440 e. The molecule has 0 spiro atoms. The van der Waals surface area contributed by atoms with E-state index in [2.05, 4.69) is 4.99 Å². The first-order valence-corrected chi connectivity index (χ1v) is 7.56. The maximum Gasteiger partial charge on any atom is 0.304 e. The van der Waals surface area contributed by atoms with Gasteiger partial charge in [-0.15, -0.1) is 0 Å². The molecule has 2 atom stereocenters. The number of aliphatic imine (C=N–C) groups is 1. The van der Waals surface area contributed by atoms with Gasteiger partial charge in [-0.1, -0.05) is 18.2 Å². The molecule has 1 fully saturated rings. The highest BCUT2D eigenvalue weighted by molar-refractivity contribution is 6.08. The highest BCUT2D eigenvalue weighted by Gasteiger charge is 2.41. The fourth-order valence-electron chi connectivity index (χ4n) is 2.56. The summed E-state index contributed by atoms with van der Waals surface area (Å²) in [5.41, 5.74) is 11.1. The van der Waals surface area contributed by atoms with Gasteiger partial charge in [0, 0.05) is 31.4 Å². The number of rotatable bonds is 6. The zero-order chi connectivity index (χ0) is 17.7. The number of carbonyl (C=O) groups is 3. The van der Waals surface area contributed by atoms with Gasteiger partial charge in [0.25, 0.3) is 5.91 Å². The van der Waals surface area contributed by atoms with Gasteiger partial charge in [0.05, 0.1) is 0 Å². The predicted molar refractivity (Wildman–Crippen MR) is 86.6 cm³/mol. The zero-order valence-electron chi connectivity index (χ0n) is 13.3.